The van der Waals surface area contributed by atoms with Crippen LogP contribution in [-0.2, 0) is 10.2 Å². The Labute approximate surface area is 256 Å². The van der Waals surface area contributed by atoms with Crippen molar-refractivity contribution in [2.45, 2.75) is 36.8 Å². The number of hydrazine groups is 2. The van der Waals surface area contributed by atoms with Gasteiger partial charge in [-0.15, -0.1) is 5.53 Å². The van der Waals surface area contributed by atoms with Gasteiger partial charge in [0.15, 0.2) is 0 Å². The number of anilines is 2. The van der Waals surface area contributed by atoms with Crippen LogP contribution in [-0.4, -0.2) is 37.6 Å². The second kappa shape index (κ2) is 12.1. The van der Waals surface area contributed by atoms with Crippen molar-refractivity contribution in [1.29, 1.82) is 5.26 Å². The molecule has 1 aromatic heterocycles. The number of nitriles is 1. The molecule has 2 atom stereocenters. The van der Waals surface area contributed by atoms with Crippen molar-refractivity contribution in [2.24, 2.45) is 0 Å². The molecule has 11 heteroatoms. The number of nitrogens with one attached hydrogen (secondary N) is 4. The molecule has 0 radical (unpaired) electrons. The highest BCUT2D eigenvalue weighted by Gasteiger charge is 2.38. The van der Waals surface area contributed by atoms with E-state index in [1.165, 1.54) is 12.1 Å². The molecule has 2 aliphatic rings. The first-order valence-electron chi connectivity index (χ1n) is 14.3. The van der Waals surface area contributed by atoms with Gasteiger partial charge in [-0.3, -0.25) is 9.99 Å². The molecular weight excluding hydrogens is 564 g/mol. The number of nitrogens with zero attached hydrogens (tertiary/aromatic N) is 3. The van der Waals surface area contributed by atoms with Gasteiger partial charge in [0, 0.05) is 43.2 Å². The molecule has 0 unspecified atom stereocenters. The summed E-state index contributed by atoms with van der Waals surface area (Å²) in [6, 6.07) is 22.9. The summed E-state index contributed by atoms with van der Waals surface area (Å²) in [6.45, 7) is 0.537. The van der Waals surface area contributed by atoms with Gasteiger partial charge in [0.25, 0.3) is 0 Å². The Bertz CT molecular complexity index is 1690. The van der Waals surface area contributed by atoms with Crippen molar-refractivity contribution in [1.82, 2.24) is 21.0 Å². The number of hydrogen-bond acceptors (Lipinski definition) is 8. The van der Waals surface area contributed by atoms with Gasteiger partial charge in [-0.2, -0.15) is 5.26 Å². The van der Waals surface area contributed by atoms with Crippen LogP contribution in [0.5, 0.6) is 0 Å². The summed E-state index contributed by atoms with van der Waals surface area (Å²) in [5.74, 6) is -0.307. The standard InChI is InChI=1S/C32H32BClFN7O/c1-43-14-13-28(20-5-3-2-4-6-20)38-30-21(17-36)18-37-31-26(30)15-24(16-27(31)34)39-32(33,22-7-9-23(35)10-8-22)29-19-42(41-40-29)25-11-12-25/h2-10,15-16,18-19,25,28,39-41H,11-14,33H2,1H3,(H,37,38)/t28-,32+/m1/s1. The van der Waals surface area contributed by atoms with Crippen LogP contribution in [0.4, 0.5) is 15.8 Å². The predicted molar refractivity (Wildman–Crippen MR) is 170 cm³/mol. The van der Waals surface area contributed by atoms with Crippen LogP contribution in [0.15, 0.2) is 84.8 Å². The number of fused-ring (bicyclic) bond motifs is 1. The van der Waals surface area contributed by atoms with Crippen molar-refractivity contribution < 1.29 is 9.13 Å². The molecule has 1 aliphatic heterocycles. The Balaban J connectivity index is 1.43. The normalized spacial score (nSPS) is 16.6. The van der Waals surface area contributed by atoms with Crippen molar-refractivity contribution in [3.05, 3.63) is 112 Å². The first-order chi connectivity index (χ1) is 20.9. The number of rotatable bonds is 11. The molecule has 2 heterocycles. The molecule has 4 N–H and O–H groups in total. The number of pyridine rings is 1. The van der Waals surface area contributed by atoms with E-state index in [1.54, 1.807) is 25.4 Å². The lowest BCUT2D eigenvalue weighted by Crippen LogP contribution is -2.45. The largest absolute Gasteiger partial charge is 0.385 e. The van der Waals surface area contributed by atoms with Crippen LogP contribution in [0.2, 0.25) is 5.02 Å². The van der Waals surface area contributed by atoms with Crippen molar-refractivity contribution >= 4 is 41.7 Å². The third-order valence-corrected chi connectivity index (χ3v) is 8.35. The van der Waals surface area contributed by atoms with Gasteiger partial charge in [-0.05, 0) is 54.7 Å². The van der Waals surface area contributed by atoms with E-state index in [4.69, 9.17) is 16.3 Å². The quantitative estimate of drug-likeness (QED) is 0.173. The van der Waals surface area contributed by atoms with Crippen LogP contribution in [0, 0.1) is 17.1 Å². The Morgan fingerprint density at radius 1 is 1.21 bits per heavy atom. The Morgan fingerprint density at radius 3 is 2.67 bits per heavy atom. The Hall–Kier alpha value is -4.30. The van der Waals surface area contributed by atoms with Gasteiger partial charge in [0.05, 0.1) is 39.0 Å². The molecule has 3 aromatic carbocycles. The zero-order chi connectivity index (χ0) is 30.0. The molecule has 43 heavy (non-hydrogen) atoms. The van der Waals surface area contributed by atoms with Crippen LogP contribution < -0.4 is 21.6 Å². The topological polar surface area (TPSA) is 97.3 Å². The first kappa shape index (κ1) is 28.8. The van der Waals surface area contributed by atoms with Crippen LogP contribution in [0.3, 0.4) is 0 Å². The smallest absolute Gasteiger partial charge is 0.148 e. The molecular formula is C32H32BClFN7O. The van der Waals surface area contributed by atoms with Gasteiger partial charge >= 0.3 is 0 Å². The lowest BCUT2D eigenvalue weighted by molar-refractivity contribution is 0.190. The molecule has 4 aromatic rings. The predicted octanol–water partition coefficient (Wildman–Crippen LogP) is 5.32. The molecule has 218 valence electrons. The summed E-state index contributed by atoms with van der Waals surface area (Å²) in [5, 5.41) is 20.6. The van der Waals surface area contributed by atoms with Gasteiger partial charge in [-0.25, -0.2) is 4.39 Å². The second-order valence-electron chi connectivity index (χ2n) is 11.1. The van der Waals surface area contributed by atoms with E-state index in [0.717, 1.165) is 29.7 Å². The summed E-state index contributed by atoms with van der Waals surface area (Å²) in [4.78, 5) is 4.54. The van der Waals surface area contributed by atoms with E-state index < -0.39 is 5.44 Å². The molecule has 0 bridgehead atoms. The zero-order valence-electron chi connectivity index (χ0n) is 24.0. The number of methoxy groups -OCH3 is 1. The highest BCUT2D eigenvalue weighted by Crippen LogP contribution is 2.39. The van der Waals surface area contributed by atoms with Gasteiger partial charge in [-0.1, -0.05) is 54.1 Å². The van der Waals surface area contributed by atoms with E-state index in [9.17, 15) is 9.65 Å². The molecule has 1 fully saturated rings. The molecule has 1 saturated carbocycles. The summed E-state index contributed by atoms with van der Waals surface area (Å²) in [7, 11) is 3.71. The van der Waals surface area contributed by atoms with E-state index in [1.807, 2.05) is 38.2 Å². The molecule has 8 nitrogen and oxygen atoms in total. The fraction of sp³-hybridized carbons (Fsp3) is 0.250. The minimum Gasteiger partial charge on any atom is -0.385 e. The molecule has 6 rings (SSSR count). The first-order valence-corrected chi connectivity index (χ1v) is 14.7. The van der Waals surface area contributed by atoms with E-state index in [2.05, 4.69) is 56.0 Å². The van der Waals surface area contributed by atoms with E-state index >= 15 is 0 Å². The number of halogens is 2. The summed E-state index contributed by atoms with van der Waals surface area (Å²) >= 11 is 6.86. The average molecular weight is 596 g/mol. The summed E-state index contributed by atoms with van der Waals surface area (Å²) in [6.07, 6.45) is 6.54. The van der Waals surface area contributed by atoms with Crippen LogP contribution >= 0.6 is 11.6 Å². The Kier molecular flexibility index (Phi) is 8.13. The van der Waals surface area contributed by atoms with Crippen molar-refractivity contribution in [2.75, 3.05) is 24.4 Å². The number of benzene rings is 3. The lowest BCUT2D eigenvalue weighted by atomic mass is 9.69. The van der Waals surface area contributed by atoms with E-state index in [-0.39, 0.29) is 11.9 Å². The highest BCUT2D eigenvalue weighted by atomic mass is 35.5. The van der Waals surface area contributed by atoms with E-state index in [0.29, 0.717) is 51.9 Å². The van der Waals surface area contributed by atoms with Gasteiger partial charge in [0.1, 0.15) is 19.7 Å². The number of aromatic nitrogens is 1. The second-order valence-corrected chi connectivity index (χ2v) is 11.5. The van der Waals surface area contributed by atoms with Gasteiger partial charge < -0.3 is 20.8 Å². The minimum atomic E-state index is -0.791. The van der Waals surface area contributed by atoms with Crippen LogP contribution in [0.25, 0.3) is 10.9 Å². The Morgan fingerprint density at radius 2 is 1.98 bits per heavy atom. The van der Waals surface area contributed by atoms with Crippen LogP contribution in [0.1, 0.15) is 42.0 Å². The number of ether oxygens (including phenoxy) is 1. The maximum atomic E-state index is 14.0. The molecule has 0 amide bonds. The monoisotopic (exact) mass is 595 g/mol. The third kappa shape index (κ3) is 5.97. The SMILES string of the molecule is B[C@@](Nc1cc(Cl)c2ncc(C#N)c(N[C@H](CCOC)c3ccccc3)c2c1)(C1=CN(C2CC2)NN1)c1ccc(F)cc1. The van der Waals surface area contributed by atoms with Crippen molar-refractivity contribution in [3.8, 4) is 6.07 Å². The van der Waals surface area contributed by atoms with Crippen molar-refractivity contribution in [3.63, 3.8) is 0 Å². The maximum Gasteiger partial charge on any atom is 0.148 e. The zero-order valence-corrected chi connectivity index (χ0v) is 24.8. The molecule has 0 spiro atoms. The average Bonchev–Trinajstić information content (AvgIpc) is 3.75. The molecule has 1 aliphatic carbocycles. The summed E-state index contributed by atoms with van der Waals surface area (Å²) < 4.78 is 19.4. The summed E-state index contributed by atoms with van der Waals surface area (Å²) in [5.41, 5.74) is 10.9. The fourth-order valence-corrected chi connectivity index (χ4v) is 5.76. The molecule has 0 saturated heterocycles. The number of hydrogen-bond donors (Lipinski definition) is 4. The highest BCUT2D eigenvalue weighted by molar-refractivity contribution is 6.36. The maximum absolute atomic E-state index is 14.0. The lowest BCUT2D eigenvalue weighted by Gasteiger charge is -2.34. The fourth-order valence-electron chi connectivity index (χ4n) is 5.49. The minimum absolute atomic E-state index is 0.119. The third-order valence-electron chi connectivity index (χ3n) is 8.06. The van der Waals surface area contributed by atoms with Gasteiger partial charge in [0.2, 0.25) is 0 Å².